The Kier molecular flexibility index (Phi) is 5.01. The normalized spacial score (nSPS) is 10.2. The van der Waals surface area contributed by atoms with Crippen LogP contribution in [0.1, 0.15) is 5.56 Å². The van der Waals surface area contributed by atoms with Crippen LogP contribution in [0.25, 0.3) is 0 Å². The van der Waals surface area contributed by atoms with Gasteiger partial charge in [-0.05, 0) is 25.1 Å². The number of nitro groups is 1. The Morgan fingerprint density at radius 2 is 1.90 bits per heavy atom. The van der Waals surface area contributed by atoms with E-state index in [1.807, 2.05) is 24.3 Å². The second-order valence-electron chi connectivity index (χ2n) is 4.30. The zero-order chi connectivity index (χ0) is 14.4. The minimum Gasteiger partial charge on any atom is -0.384 e. The van der Waals surface area contributed by atoms with E-state index in [0.29, 0.717) is 5.56 Å². The van der Waals surface area contributed by atoms with Crippen molar-refractivity contribution in [2.45, 2.75) is 11.8 Å². The van der Waals surface area contributed by atoms with Crippen LogP contribution in [0, 0.1) is 17.0 Å². The highest BCUT2D eigenvalue weighted by atomic mass is 32.2. The molecule has 0 saturated carbocycles. The number of anilines is 1. The van der Waals surface area contributed by atoms with Gasteiger partial charge >= 0.3 is 0 Å². The lowest BCUT2D eigenvalue weighted by atomic mass is 10.1. The molecule has 0 radical (unpaired) electrons. The SMILES string of the molecule is Cc1c(NCCSc2ccccc2)cccc1[N+](=O)[O-]. The van der Waals surface area contributed by atoms with Gasteiger partial charge in [-0.1, -0.05) is 24.3 Å². The van der Waals surface area contributed by atoms with E-state index in [0.717, 1.165) is 18.0 Å². The lowest BCUT2D eigenvalue weighted by Crippen LogP contribution is -2.06. The number of thioether (sulfide) groups is 1. The van der Waals surface area contributed by atoms with Gasteiger partial charge in [-0.25, -0.2) is 0 Å². The maximum absolute atomic E-state index is 10.9. The van der Waals surface area contributed by atoms with Gasteiger partial charge in [0.1, 0.15) is 0 Å². The highest BCUT2D eigenvalue weighted by molar-refractivity contribution is 7.99. The van der Waals surface area contributed by atoms with Crippen molar-refractivity contribution in [3.05, 3.63) is 64.2 Å². The Morgan fingerprint density at radius 1 is 1.15 bits per heavy atom. The summed E-state index contributed by atoms with van der Waals surface area (Å²) in [6, 6.07) is 15.3. The van der Waals surface area contributed by atoms with Gasteiger partial charge in [0.25, 0.3) is 5.69 Å². The smallest absolute Gasteiger partial charge is 0.274 e. The summed E-state index contributed by atoms with van der Waals surface area (Å²) in [5, 5.41) is 14.1. The van der Waals surface area contributed by atoms with E-state index in [2.05, 4.69) is 17.4 Å². The van der Waals surface area contributed by atoms with Gasteiger partial charge in [-0.3, -0.25) is 10.1 Å². The number of nitrogens with zero attached hydrogens (tertiary/aromatic N) is 1. The van der Waals surface area contributed by atoms with Crippen molar-refractivity contribution in [2.75, 3.05) is 17.6 Å². The Bertz CT molecular complexity index is 588. The number of hydrogen-bond acceptors (Lipinski definition) is 4. The zero-order valence-corrected chi connectivity index (χ0v) is 12.0. The minimum atomic E-state index is -0.348. The molecular formula is C15H16N2O2S. The van der Waals surface area contributed by atoms with Gasteiger partial charge in [-0.2, -0.15) is 0 Å². The van der Waals surface area contributed by atoms with Crippen LogP contribution in [0.2, 0.25) is 0 Å². The minimum absolute atomic E-state index is 0.158. The summed E-state index contributed by atoms with van der Waals surface area (Å²) in [6.07, 6.45) is 0. The molecule has 0 atom stereocenters. The summed E-state index contributed by atoms with van der Waals surface area (Å²) in [6.45, 7) is 2.53. The predicted octanol–water partition coefficient (Wildman–Crippen LogP) is 4.11. The summed E-state index contributed by atoms with van der Waals surface area (Å²) in [4.78, 5) is 11.7. The van der Waals surface area contributed by atoms with Crippen molar-refractivity contribution in [3.8, 4) is 0 Å². The summed E-state index contributed by atoms with van der Waals surface area (Å²) in [5.41, 5.74) is 1.67. The highest BCUT2D eigenvalue weighted by Gasteiger charge is 2.12. The molecule has 0 saturated heterocycles. The molecule has 4 nitrogen and oxygen atoms in total. The van der Waals surface area contributed by atoms with E-state index in [1.165, 1.54) is 11.0 Å². The average molecular weight is 288 g/mol. The fraction of sp³-hybridized carbons (Fsp3) is 0.200. The molecule has 0 amide bonds. The van der Waals surface area contributed by atoms with Crippen LogP contribution in [0.3, 0.4) is 0 Å². The summed E-state index contributed by atoms with van der Waals surface area (Å²) in [5.74, 6) is 0.909. The topological polar surface area (TPSA) is 55.2 Å². The first-order chi connectivity index (χ1) is 9.68. The van der Waals surface area contributed by atoms with E-state index in [9.17, 15) is 10.1 Å². The first-order valence-electron chi connectivity index (χ1n) is 6.34. The molecule has 1 N–H and O–H groups in total. The Hall–Kier alpha value is -2.01. The molecular weight excluding hydrogens is 272 g/mol. The molecule has 2 aromatic rings. The molecule has 0 heterocycles. The number of benzene rings is 2. The Labute approximate surface area is 122 Å². The Morgan fingerprint density at radius 3 is 2.60 bits per heavy atom. The van der Waals surface area contributed by atoms with Crippen molar-refractivity contribution >= 4 is 23.1 Å². The number of hydrogen-bond donors (Lipinski definition) is 1. The van der Waals surface area contributed by atoms with Gasteiger partial charge in [0, 0.05) is 34.5 Å². The lowest BCUT2D eigenvalue weighted by molar-refractivity contribution is -0.385. The predicted molar refractivity (Wildman–Crippen MR) is 83.5 cm³/mol. The van der Waals surface area contributed by atoms with Gasteiger partial charge in [0.05, 0.1) is 4.92 Å². The van der Waals surface area contributed by atoms with Crippen molar-refractivity contribution in [2.24, 2.45) is 0 Å². The number of nitro benzene ring substituents is 1. The standard InChI is InChI=1S/C15H16N2O2S/c1-12-14(8-5-9-15(12)17(18)19)16-10-11-20-13-6-3-2-4-7-13/h2-9,16H,10-11H2,1H3. The number of nitrogens with one attached hydrogen (secondary N) is 1. The van der Waals surface area contributed by atoms with E-state index in [4.69, 9.17) is 0 Å². The van der Waals surface area contributed by atoms with Crippen LogP contribution < -0.4 is 5.32 Å². The van der Waals surface area contributed by atoms with Crippen molar-refractivity contribution in [1.29, 1.82) is 0 Å². The maximum atomic E-state index is 10.9. The molecule has 0 aliphatic rings. The maximum Gasteiger partial charge on any atom is 0.274 e. The van der Waals surface area contributed by atoms with Crippen molar-refractivity contribution in [1.82, 2.24) is 0 Å². The lowest BCUT2D eigenvalue weighted by Gasteiger charge is -2.09. The van der Waals surface area contributed by atoms with Crippen molar-refractivity contribution < 1.29 is 4.92 Å². The largest absolute Gasteiger partial charge is 0.384 e. The molecule has 0 aliphatic heterocycles. The molecule has 0 fully saturated rings. The monoisotopic (exact) mass is 288 g/mol. The highest BCUT2D eigenvalue weighted by Crippen LogP contribution is 2.25. The molecule has 0 unspecified atom stereocenters. The second-order valence-corrected chi connectivity index (χ2v) is 5.46. The van der Waals surface area contributed by atoms with Gasteiger partial charge in [0.2, 0.25) is 0 Å². The second kappa shape index (κ2) is 6.96. The zero-order valence-electron chi connectivity index (χ0n) is 11.2. The molecule has 20 heavy (non-hydrogen) atoms. The van der Waals surface area contributed by atoms with Crippen LogP contribution in [0.5, 0.6) is 0 Å². The van der Waals surface area contributed by atoms with Crippen LogP contribution in [-0.4, -0.2) is 17.2 Å². The van der Waals surface area contributed by atoms with Crippen molar-refractivity contribution in [3.63, 3.8) is 0 Å². The molecule has 0 bridgehead atoms. The van der Waals surface area contributed by atoms with Gasteiger partial charge < -0.3 is 5.32 Å². The third kappa shape index (κ3) is 3.74. The molecule has 0 aliphatic carbocycles. The van der Waals surface area contributed by atoms with E-state index >= 15 is 0 Å². The van der Waals surface area contributed by atoms with E-state index < -0.39 is 0 Å². The van der Waals surface area contributed by atoms with Gasteiger partial charge in [-0.15, -0.1) is 11.8 Å². The Balaban J connectivity index is 1.88. The molecule has 2 aromatic carbocycles. The van der Waals surface area contributed by atoms with E-state index in [-0.39, 0.29) is 10.6 Å². The molecule has 0 aromatic heterocycles. The van der Waals surface area contributed by atoms with Gasteiger partial charge in [0.15, 0.2) is 0 Å². The molecule has 2 rings (SSSR count). The summed E-state index contributed by atoms with van der Waals surface area (Å²) in [7, 11) is 0. The first kappa shape index (κ1) is 14.4. The third-order valence-corrected chi connectivity index (χ3v) is 3.95. The summed E-state index contributed by atoms with van der Waals surface area (Å²) >= 11 is 1.76. The third-order valence-electron chi connectivity index (χ3n) is 2.93. The number of rotatable bonds is 6. The van der Waals surface area contributed by atoms with Crippen LogP contribution >= 0.6 is 11.8 Å². The van der Waals surface area contributed by atoms with Crippen LogP contribution in [0.15, 0.2) is 53.4 Å². The molecule has 0 spiro atoms. The van der Waals surface area contributed by atoms with E-state index in [1.54, 1.807) is 24.8 Å². The van der Waals surface area contributed by atoms with Crippen LogP contribution in [0.4, 0.5) is 11.4 Å². The fourth-order valence-electron chi connectivity index (χ4n) is 1.88. The molecule has 104 valence electrons. The average Bonchev–Trinajstić information content (AvgIpc) is 2.46. The first-order valence-corrected chi connectivity index (χ1v) is 7.33. The van der Waals surface area contributed by atoms with Crippen LogP contribution in [-0.2, 0) is 0 Å². The molecule has 5 heteroatoms. The quantitative estimate of drug-likeness (QED) is 0.376. The fourth-order valence-corrected chi connectivity index (χ4v) is 2.67. The summed E-state index contributed by atoms with van der Waals surface area (Å²) < 4.78 is 0.